The molecule has 2 atom stereocenters. The second-order valence-corrected chi connectivity index (χ2v) is 12.4. The molecule has 0 radical (unpaired) electrons. The van der Waals surface area contributed by atoms with E-state index < -0.39 is 11.6 Å². The normalized spacial score (nSPS) is 20.6. The van der Waals surface area contributed by atoms with Gasteiger partial charge >= 0.3 is 0 Å². The number of likely N-dealkylation sites (N-methyl/N-ethyl adjacent to an activating group) is 1. The summed E-state index contributed by atoms with van der Waals surface area (Å²) in [6.45, 7) is 7.96. The van der Waals surface area contributed by atoms with Crippen molar-refractivity contribution in [3.8, 4) is 5.75 Å². The highest BCUT2D eigenvalue weighted by atomic mass is 19.2. The van der Waals surface area contributed by atoms with E-state index >= 15 is 0 Å². The molecule has 2 N–H and O–H groups in total. The first-order valence-corrected chi connectivity index (χ1v) is 16.0. The molecule has 3 saturated heterocycles. The maximum absolute atomic E-state index is 14.0. The molecule has 1 amide bonds. The van der Waals surface area contributed by atoms with Crippen molar-refractivity contribution in [2.75, 3.05) is 74.6 Å². The zero-order chi connectivity index (χ0) is 33.1. The van der Waals surface area contributed by atoms with Gasteiger partial charge in [-0.3, -0.25) is 14.5 Å². The summed E-state index contributed by atoms with van der Waals surface area (Å²) < 4.78 is 33.4. The first kappa shape index (κ1) is 32.6. The van der Waals surface area contributed by atoms with Crippen molar-refractivity contribution in [1.29, 1.82) is 0 Å². The maximum Gasteiger partial charge on any atom is 0.247 e. The molecule has 0 aliphatic carbocycles. The molecule has 11 nitrogen and oxygen atoms in total. The quantitative estimate of drug-likeness (QED) is 0.289. The van der Waals surface area contributed by atoms with Gasteiger partial charge in [-0.25, -0.2) is 23.8 Å². The third kappa shape index (κ3) is 7.16. The fourth-order valence-electron chi connectivity index (χ4n) is 6.77. The number of halogens is 2. The predicted molar refractivity (Wildman–Crippen MR) is 178 cm³/mol. The van der Waals surface area contributed by atoms with Crippen LogP contribution in [0.2, 0.25) is 0 Å². The Bertz CT molecular complexity index is 1600. The van der Waals surface area contributed by atoms with Crippen molar-refractivity contribution in [2.45, 2.75) is 43.8 Å². The number of amides is 1. The summed E-state index contributed by atoms with van der Waals surface area (Å²) in [7, 11) is 5.91. The van der Waals surface area contributed by atoms with Gasteiger partial charge in [-0.05, 0) is 63.2 Å². The second kappa shape index (κ2) is 14.2. The van der Waals surface area contributed by atoms with Crippen LogP contribution in [0.3, 0.4) is 0 Å². The lowest BCUT2D eigenvalue weighted by molar-refractivity contribution is -0.111. The molecule has 0 spiro atoms. The molecule has 6 rings (SSSR count). The standard InChI is InChI=1S/C34H42F2N8O3/c1-5-34(45)40-27-17-28(31(46-4)18-30(27)42-12-8-23(9-13-42)43-14-10-24(20-43)41(2)3)39-32-19-33(38-21-37-32)44-29(11-15-47-44)22-6-7-25(35)26(36)16-22/h5-7,16-19,21,23-24,29H,1,8-15,20H2,2-4H3,(H,40,45)(H,37,38,39)/t24-,29+/m0/s1. The van der Waals surface area contributed by atoms with E-state index in [1.807, 2.05) is 12.1 Å². The summed E-state index contributed by atoms with van der Waals surface area (Å²) in [6.07, 6.45) is 6.48. The first-order valence-electron chi connectivity index (χ1n) is 16.0. The average molecular weight is 649 g/mol. The van der Waals surface area contributed by atoms with Crippen LogP contribution >= 0.6 is 0 Å². The lowest BCUT2D eigenvalue weighted by Gasteiger charge is -2.39. The minimum atomic E-state index is -0.914. The van der Waals surface area contributed by atoms with Gasteiger partial charge in [0, 0.05) is 56.8 Å². The number of piperidine rings is 1. The lowest BCUT2D eigenvalue weighted by atomic mass is 10.0. The number of likely N-dealkylation sites (tertiary alicyclic amines) is 1. The molecule has 0 bridgehead atoms. The number of hydroxylamine groups is 1. The monoisotopic (exact) mass is 648 g/mol. The summed E-state index contributed by atoms with van der Waals surface area (Å²) in [6, 6.07) is 10.1. The number of rotatable bonds is 10. The molecule has 1 aromatic heterocycles. The fourth-order valence-corrected chi connectivity index (χ4v) is 6.77. The molecule has 2 aromatic carbocycles. The number of benzene rings is 2. The van der Waals surface area contributed by atoms with E-state index in [-0.39, 0.29) is 11.9 Å². The van der Waals surface area contributed by atoms with Crippen LogP contribution in [-0.4, -0.2) is 91.7 Å². The number of ether oxygens (including phenoxy) is 1. The fraction of sp³-hybridized carbons (Fsp3) is 0.441. The van der Waals surface area contributed by atoms with Crippen LogP contribution in [0, 0.1) is 11.6 Å². The van der Waals surface area contributed by atoms with Gasteiger partial charge in [-0.15, -0.1) is 0 Å². The molecule has 0 unspecified atom stereocenters. The van der Waals surface area contributed by atoms with E-state index in [2.05, 4.69) is 56.0 Å². The van der Waals surface area contributed by atoms with E-state index in [1.54, 1.807) is 24.3 Å². The summed E-state index contributed by atoms with van der Waals surface area (Å²) in [5, 5.41) is 7.87. The third-order valence-electron chi connectivity index (χ3n) is 9.38. The highest BCUT2D eigenvalue weighted by Gasteiger charge is 2.33. The van der Waals surface area contributed by atoms with Crippen LogP contribution in [0.1, 0.15) is 37.3 Å². The molecule has 3 aromatic rings. The molecular formula is C34H42F2N8O3. The SMILES string of the molecule is C=CC(=O)Nc1cc(Nc2cc(N3OCC[C@@H]3c3ccc(F)c(F)c3)ncn2)c(OC)cc1N1CCC(N2CC[C@H](N(C)C)C2)CC1. The molecule has 13 heteroatoms. The Hall–Kier alpha value is -4.33. The second-order valence-electron chi connectivity index (χ2n) is 12.4. The molecule has 3 fully saturated rings. The lowest BCUT2D eigenvalue weighted by Crippen LogP contribution is -2.45. The van der Waals surface area contributed by atoms with Crippen molar-refractivity contribution < 1.29 is 23.1 Å². The number of carbonyl (C=O) groups is 1. The van der Waals surface area contributed by atoms with Crippen LogP contribution in [0.15, 0.2) is 55.4 Å². The van der Waals surface area contributed by atoms with Gasteiger partial charge in [0.25, 0.3) is 0 Å². The van der Waals surface area contributed by atoms with Crippen LogP contribution in [0.25, 0.3) is 0 Å². The number of methoxy groups -OCH3 is 1. The smallest absolute Gasteiger partial charge is 0.247 e. The van der Waals surface area contributed by atoms with E-state index in [0.29, 0.717) is 59.4 Å². The number of hydrogen-bond acceptors (Lipinski definition) is 10. The van der Waals surface area contributed by atoms with E-state index in [1.165, 1.54) is 24.9 Å². The predicted octanol–water partition coefficient (Wildman–Crippen LogP) is 5.12. The van der Waals surface area contributed by atoms with E-state index in [0.717, 1.165) is 50.8 Å². The maximum atomic E-state index is 14.0. The summed E-state index contributed by atoms with van der Waals surface area (Å²) >= 11 is 0. The van der Waals surface area contributed by atoms with Crippen molar-refractivity contribution in [3.63, 3.8) is 0 Å². The molecule has 3 aliphatic heterocycles. The summed E-state index contributed by atoms with van der Waals surface area (Å²) in [5.41, 5.74) is 2.66. The van der Waals surface area contributed by atoms with E-state index in [9.17, 15) is 13.6 Å². The van der Waals surface area contributed by atoms with Crippen molar-refractivity contribution in [1.82, 2.24) is 19.8 Å². The largest absolute Gasteiger partial charge is 0.494 e. The third-order valence-corrected chi connectivity index (χ3v) is 9.38. The zero-order valence-electron chi connectivity index (χ0n) is 27.1. The minimum absolute atomic E-state index is 0.317. The van der Waals surface area contributed by atoms with Gasteiger partial charge in [0.05, 0.1) is 36.8 Å². The molecule has 4 heterocycles. The highest BCUT2D eigenvalue weighted by Crippen LogP contribution is 2.41. The summed E-state index contributed by atoms with van der Waals surface area (Å²) in [5.74, 6) is -0.663. The Labute approximate surface area is 274 Å². The van der Waals surface area contributed by atoms with Crippen molar-refractivity contribution >= 4 is 34.6 Å². The zero-order valence-corrected chi connectivity index (χ0v) is 27.1. The van der Waals surface area contributed by atoms with Crippen LogP contribution in [-0.2, 0) is 9.63 Å². The number of nitrogens with one attached hydrogen (secondary N) is 2. The van der Waals surface area contributed by atoms with Gasteiger partial charge < -0.3 is 25.2 Å². The Morgan fingerprint density at radius 3 is 2.55 bits per heavy atom. The van der Waals surface area contributed by atoms with Gasteiger partial charge in [0.1, 0.15) is 17.9 Å². The van der Waals surface area contributed by atoms with Gasteiger partial charge in [-0.2, -0.15) is 0 Å². The van der Waals surface area contributed by atoms with Gasteiger partial charge in [-0.1, -0.05) is 12.6 Å². The number of hydrogen-bond donors (Lipinski definition) is 2. The number of anilines is 5. The molecule has 47 heavy (non-hydrogen) atoms. The Morgan fingerprint density at radius 2 is 1.85 bits per heavy atom. The summed E-state index contributed by atoms with van der Waals surface area (Å²) in [4.78, 5) is 34.4. The molecule has 0 saturated carbocycles. The molecule has 3 aliphatic rings. The number of aromatic nitrogens is 2. The van der Waals surface area contributed by atoms with E-state index in [4.69, 9.17) is 9.57 Å². The minimum Gasteiger partial charge on any atom is -0.494 e. The van der Waals surface area contributed by atoms with Crippen molar-refractivity contribution in [3.05, 3.63) is 72.6 Å². The Balaban J connectivity index is 1.22. The van der Waals surface area contributed by atoms with Crippen molar-refractivity contribution in [2.24, 2.45) is 0 Å². The Kier molecular flexibility index (Phi) is 9.85. The topological polar surface area (TPSA) is 98.3 Å². The number of nitrogens with zero attached hydrogens (tertiary/aromatic N) is 6. The average Bonchev–Trinajstić information content (AvgIpc) is 3.78. The van der Waals surface area contributed by atoms with Gasteiger partial charge in [0.2, 0.25) is 5.91 Å². The van der Waals surface area contributed by atoms with Crippen LogP contribution in [0.4, 0.5) is 37.5 Å². The molecule has 250 valence electrons. The van der Waals surface area contributed by atoms with Gasteiger partial charge in [0.15, 0.2) is 17.5 Å². The Morgan fingerprint density at radius 1 is 1.04 bits per heavy atom. The van der Waals surface area contributed by atoms with Crippen LogP contribution < -0.4 is 25.3 Å². The number of carbonyl (C=O) groups excluding carboxylic acids is 1. The highest BCUT2D eigenvalue weighted by molar-refractivity contribution is 6.02. The molecular weight excluding hydrogens is 606 g/mol. The first-order chi connectivity index (χ1) is 22.7. The van der Waals surface area contributed by atoms with Crippen LogP contribution in [0.5, 0.6) is 5.75 Å².